The van der Waals surface area contributed by atoms with Crippen LogP contribution < -0.4 is 10.6 Å². The van der Waals surface area contributed by atoms with Gasteiger partial charge in [0.1, 0.15) is 11.6 Å². The zero-order valence-electron chi connectivity index (χ0n) is 23.6. The lowest BCUT2D eigenvalue weighted by atomic mass is 9.65. The van der Waals surface area contributed by atoms with Crippen molar-refractivity contribution in [2.45, 2.75) is 82.8 Å². The monoisotopic (exact) mass is 547 g/mol. The lowest BCUT2D eigenvalue weighted by Gasteiger charge is -2.39. The summed E-state index contributed by atoms with van der Waals surface area (Å²) in [7, 11) is 0. The normalized spacial score (nSPS) is 30.1. The Bertz CT molecular complexity index is 1220. The molecule has 3 amide bonds. The molecule has 0 aliphatic carbocycles. The number of amides is 3. The molecule has 2 aromatic carbocycles. The standard InChI is InChI=1S/C32H41N3O5/c1-4-21(3)24(20-36)35-27(29(38)34-19-23-14-10-7-11-15-23)32-17-16-31(5-2,40-32)25(26(32)30(35)39)28(37)33-18-22-12-8-6-9-13-22/h6-15,21,24-27,36H,4-5,16-20H2,1-3H3,(H,33,37)(H,34,38)/t21-,24-,25+,26-,27?,31-,32?/m0/s1. The maximum absolute atomic E-state index is 14.4. The molecule has 5 rings (SSSR count). The van der Waals surface area contributed by atoms with Gasteiger partial charge in [0.15, 0.2) is 0 Å². The van der Waals surface area contributed by atoms with E-state index in [9.17, 15) is 19.5 Å². The Hall–Kier alpha value is -3.23. The first-order valence-electron chi connectivity index (χ1n) is 14.6. The number of nitrogens with zero attached hydrogens (tertiary/aromatic N) is 1. The number of carbonyl (C=O) groups excluding carboxylic acids is 3. The van der Waals surface area contributed by atoms with Crippen molar-refractivity contribution in [3.63, 3.8) is 0 Å². The van der Waals surface area contributed by atoms with Crippen LogP contribution in [0, 0.1) is 17.8 Å². The lowest BCUT2D eigenvalue weighted by Crippen LogP contribution is -2.59. The number of hydrogen-bond acceptors (Lipinski definition) is 5. The highest BCUT2D eigenvalue weighted by Gasteiger charge is 2.79. The highest BCUT2D eigenvalue weighted by Crippen LogP contribution is 2.64. The average Bonchev–Trinajstić information content (AvgIpc) is 3.60. The molecule has 3 heterocycles. The average molecular weight is 548 g/mol. The first kappa shape index (κ1) is 28.3. The van der Waals surface area contributed by atoms with Crippen LogP contribution in [0.1, 0.15) is 57.6 Å². The lowest BCUT2D eigenvalue weighted by molar-refractivity contribution is -0.152. The second-order valence-electron chi connectivity index (χ2n) is 11.6. The van der Waals surface area contributed by atoms with E-state index in [0.717, 1.165) is 17.5 Å². The summed E-state index contributed by atoms with van der Waals surface area (Å²) >= 11 is 0. The van der Waals surface area contributed by atoms with Crippen molar-refractivity contribution >= 4 is 17.7 Å². The van der Waals surface area contributed by atoms with E-state index in [2.05, 4.69) is 10.6 Å². The second kappa shape index (κ2) is 11.3. The van der Waals surface area contributed by atoms with Crippen LogP contribution in [0.2, 0.25) is 0 Å². The molecule has 1 spiro atoms. The fraction of sp³-hybridized carbons (Fsp3) is 0.531. The molecular weight excluding hydrogens is 506 g/mol. The molecule has 3 fully saturated rings. The Kier molecular flexibility index (Phi) is 8.02. The van der Waals surface area contributed by atoms with Crippen molar-refractivity contribution in [2.24, 2.45) is 17.8 Å². The van der Waals surface area contributed by atoms with Gasteiger partial charge < -0.3 is 25.4 Å². The van der Waals surface area contributed by atoms with E-state index in [1.54, 1.807) is 4.90 Å². The summed E-state index contributed by atoms with van der Waals surface area (Å²) in [4.78, 5) is 43.9. The van der Waals surface area contributed by atoms with Gasteiger partial charge in [-0.2, -0.15) is 0 Å². The van der Waals surface area contributed by atoms with E-state index in [4.69, 9.17) is 4.74 Å². The molecule has 0 saturated carbocycles. The molecule has 0 radical (unpaired) electrons. The van der Waals surface area contributed by atoms with Crippen molar-refractivity contribution in [3.8, 4) is 0 Å². The summed E-state index contributed by atoms with van der Waals surface area (Å²) in [6.07, 6.45) is 2.40. The number of aliphatic hydroxyl groups excluding tert-OH is 1. The Labute approximate surface area is 236 Å². The molecule has 2 aromatic rings. The summed E-state index contributed by atoms with van der Waals surface area (Å²) in [5.74, 6) is -2.35. The minimum absolute atomic E-state index is 0.0451. The summed E-state index contributed by atoms with van der Waals surface area (Å²) in [6, 6.07) is 17.8. The SMILES string of the molecule is CC[C@H](C)[C@H](CO)N1C(=O)[C@@H]2[C@H](C(=O)NCc3ccccc3)[C@]3(CC)CCC2(O3)C1C(=O)NCc1ccccc1. The van der Waals surface area contributed by atoms with Gasteiger partial charge in [0.25, 0.3) is 0 Å². The van der Waals surface area contributed by atoms with E-state index in [-0.39, 0.29) is 30.2 Å². The Morgan fingerprint density at radius 3 is 2.08 bits per heavy atom. The van der Waals surface area contributed by atoms with Gasteiger partial charge in [-0.25, -0.2) is 0 Å². The van der Waals surface area contributed by atoms with E-state index in [1.807, 2.05) is 81.4 Å². The quantitative estimate of drug-likeness (QED) is 0.401. The molecule has 3 N–H and O–H groups in total. The second-order valence-corrected chi connectivity index (χ2v) is 11.6. The molecule has 7 atom stereocenters. The molecule has 8 heteroatoms. The smallest absolute Gasteiger partial charge is 0.246 e. The fourth-order valence-electron chi connectivity index (χ4n) is 7.30. The largest absolute Gasteiger partial charge is 0.394 e. The highest BCUT2D eigenvalue weighted by atomic mass is 16.5. The third-order valence-corrected chi connectivity index (χ3v) is 9.61. The number of likely N-dealkylation sites (tertiary alicyclic amines) is 1. The first-order chi connectivity index (χ1) is 19.3. The Morgan fingerprint density at radius 1 is 0.975 bits per heavy atom. The van der Waals surface area contributed by atoms with Gasteiger partial charge in [-0.3, -0.25) is 14.4 Å². The van der Waals surface area contributed by atoms with Crippen molar-refractivity contribution in [2.75, 3.05) is 6.61 Å². The molecule has 214 valence electrons. The van der Waals surface area contributed by atoms with Gasteiger partial charge in [0.05, 0.1) is 30.1 Å². The molecule has 2 unspecified atom stereocenters. The van der Waals surface area contributed by atoms with Crippen LogP contribution in [0.4, 0.5) is 0 Å². The van der Waals surface area contributed by atoms with Gasteiger partial charge in [-0.1, -0.05) is 87.9 Å². The Morgan fingerprint density at radius 2 is 1.55 bits per heavy atom. The third-order valence-electron chi connectivity index (χ3n) is 9.61. The van der Waals surface area contributed by atoms with Gasteiger partial charge >= 0.3 is 0 Å². The zero-order valence-corrected chi connectivity index (χ0v) is 23.6. The molecule has 2 bridgehead atoms. The highest BCUT2D eigenvalue weighted by molar-refractivity contribution is 5.99. The predicted octanol–water partition coefficient (Wildman–Crippen LogP) is 3.18. The van der Waals surface area contributed by atoms with Crippen molar-refractivity contribution in [1.29, 1.82) is 0 Å². The van der Waals surface area contributed by atoms with Crippen LogP contribution in [0.5, 0.6) is 0 Å². The molecule has 3 aliphatic rings. The number of hydrogen-bond donors (Lipinski definition) is 3. The van der Waals surface area contributed by atoms with E-state index in [1.165, 1.54) is 0 Å². The van der Waals surface area contributed by atoms with E-state index in [0.29, 0.717) is 32.4 Å². The predicted molar refractivity (Wildman–Crippen MR) is 151 cm³/mol. The zero-order chi connectivity index (χ0) is 28.5. The maximum atomic E-state index is 14.4. The van der Waals surface area contributed by atoms with Crippen molar-refractivity contribution in [3.05, 3.63) is 71.8 Å². The number of benzene rings is 2. The van der Waals surface area contributed by atoms with Crippen molar-refractivity contribution < 1.29 is 24.2 Å². The molecule has 3 saturated heterocycles. The molecule has 40 heavy (non-hydrogen) atoms. The van der Waals surface area contributed by atoms with Gasteiger partial charge in [-0.15, -0.1) is 0 Å². The first-order valence-corrected chi connectivity index (χ1v) is 14.6. The number of fused-ring (bicyclic) bond motifs is 1. The van der Waals surface area contributed by atoms with Gasteiger partial charge in [0, 0.05) is 13.1 Å². The topological polar surface area (TPSA) is 108 Å². The molecule has 8 nitrogen and oxygen atoms in total. The number of nitrogens with one attached hydrogen (secondary N) is 2. The van der Waals surface area contributed by atoms with Crippen molar-refractivity contribution in [1.82, 2.24) is 15.5 Å². The fourth-order valence-corrected chi connectivity index (χ4v) is 7.30. The Balaban J connectivity index is 1.50. The summed E-state index contributed by atoms with van der Waals surface area (Å²) < 4.78 is 6.84. The van der Waals surface area contributed by atoms with E-state index < -0.39 is 35.1 Å². The van der Waals surface area contributed by atoms with Crippen LogP contribution in [0.25, 0.3) is 0 Å². The van der Waals surface area contributed by atoms with Crippen LogP contribution in [-0.4, -0.2) is 57.6 Å². The summed E-state index contributed by atoms with van der Waals surface area (Å²) in [5, 5.41) is 16.6. The summed E-state index contributed by atoms with van der Waals surface area (Å²) in [6.45, 7) is 6.36. The van der Waals surface area contributed by atoms with Crippen LogP contribution in [0.15, 0.2) is 60.7 Å². The van der Waals surface area contributed by atoms with Crippen LogP contribution in [-0.2, 0) is 32.2 Å². The summed E-state index contributed by atoms with van der Waals surface area (Å²) in [5.41, 5.74) is -0.0178. The molecule has 3 aliphatic heterocycles. The maximum Gasteiger partial charge on any atom is 0.246 e. The van der Waals surface area contributed by atoms with Gasteiger partial charge in [-0.05, 0) is 36.3 Å². The number of carbonyl (C=O) groups is 3. The molecular formula is C32H41N3O5. The number of aliphatic hydroxyl groups is 1. The molecule has 0 aromatic heterocycles. The van der Waals surface area contributed by atoms with E-state index >= 15 is 0 Å². The number of ether oxygens (including phenoxy) is 1. The van der Waals surface area contributed by atoms with Crippen LogP contribution >= 0.6 is 0 Å². The minimum Gasteiger partial charge on any atom is -0.394 e. The minimum atomic E-state index is -1.12. The third kappa shape index (κ3) is 4.61. The van der Waals surface area contributed by atoms with Gasteiger partial charge in [0.2, 0.25) is 17.7 Å². The van der Waals surface area contributed by atoms with Crippen LogP contribution in [0.3, 0.4) is 0 Å². The number of rotatable bonds is 11.